The average molecular weight is 337 g/mol. The van der Waals surface area contributed by atoms with Crippen LogP contribution >= 0.6 is 0 Å². The lowest BCUT2D eigenvalue weighted by atomic mass is 9.99. The minimum absolute atomic E-state index is 0.483. The standard InChI is InChI=1S/C25H36/c1-6-24(17-11-15-22(4)14-10-13-21(2)3)18-12-16-23(5)25-19-8-7-9-20-25/h6-9,12-13,15-16,19-20,23H,10-11,14,17-18H2,1-5H3/b16-12+,22-15+,24-6+. The van der Waals surface area contributed by atoms with E-state index in [4.69, 9.17) is 0 Å². The van der Waals surface area contributed by atoms with Crippen LogP contribution in [0.2, 0.25) is 0 Å². The maximum Gasteiger partial charge on any atom is -0.00103 e. The second kappa shape index (κ2) is 12.5. The highest BCUT2D eigenvalue weighted by Crippen LogP contribution is 2.18. The van der Waals surface area contributed by atoms with Crippen LogP contribution in [0.25, 0.3) is 0 Å². The summed E-state index contributed by atoms with van der Waals surface area (Å²) in [6.45, 7) is 11.0. The third kappa shape index (κ3) is 9.92. The molecule has 1 aromatic carbocycles. The Kier molecular flexibility index (Phi) is 10.6. The summed E-state index contributed by atoms with van der Waals surface area (Å²) in [6, 6.07) is 10.7. The van der Waals surface area contributed by atoms with E-state index >= 15 is 0 Å². The maximum absolute atomic E-state index is 2.42. The molecule has 0 bridgehead atoms. The molecule has 0 nitrogen and oxygen atoms in total. The van der Waals surface area contributed by atoms with Crippen molar-refractivity contribution in [2.75, 3.05) is 0 Å². The van der Waals surface area contributed by atoms with Crippen LogP contribution in [0.15, 0.2) is 77.4 Å². The zero-order chi connectivity index (χ0) is 18.5. The molecule has 0 fully saturated rings. The fourth-order valence-corrected chi connectivity index (χ4v) is 2.85. The van der Waals surface area contributed by atoms with Gasteiger partial charge in [-0.1, -0.05) is 84.4 Å². The van der Waals surface area contributed by atoms with Crippen molar-refractivity contribution in [2.24, 2.45) is 0 Å². The second-order valence-corrected chi connectivity index (χ2v) is 7.19. The molecule has 0 N–H and O–H groups in total. The quantitative estimate of drug-likeness (QED) is 0.378. The largest absolute Gasteiger partial charge is 0.0881 e. The first-order valence-corrected chi connectivity index (χ1v) is 9.67. The minimum Gasteiger partial charge on any atom is -0.0881 e. The monoisotopic (exact) mass is 336 g/mol. The zero-order valence-corrected chi connectivity index (χ0v) is 16.9. The van der Waals surface area contributed by atoms with E-state index in [-0.39, 0.29) is 0 Å². The summed E-state index contributed by atoms with van der Waals surface area (Å²) in [6.07, 6.45) is 17.4. The molecule has 1 unspecified atom stereocenters. The molecular weight excluding hydrogens is 300 g/mol. The Morgan fingerprint density at radius 2 is 1.64 bits per heavy atom. The number of rotatable bonds is 10. The number of hydrogen-bond donors (Lipinski definition) is 0. The SMILES string of the molecule is C/C=C(/C/C=C/C(C)c1ccccc1)CC/C=C(\C)CCC=C(C)C. The molecule has 0 heteroatoms. The van der Waals surface area contributed by atoms with E-state index in [2.05, 4.69) is 95.3 Å². The molecule has 0 saturated heterocycles. The molecule has 0 aliphatic heterocycles. The van der Waals surface area contributed by atoms with Crippen LogP contribution in [0, 0.1) is 0 Å². The van der Waals surface area contributed by atoms with E-state index in [0.717, 1.165) is 12.8 Å². The first-order valence-electron chi connectivity index (χ1n) is 9.67. The van der Waals surface area contributed by atoms with Crippen LogP contribution in [0.5, 0.6) is 0 Å². The van der Waals surface area contributed by atoms with Gasteiger partial charge in [0.05, 0.1) is 0 Å². The average Bonchev–Trinajstić information content (AvgIpc) is 2.60. The molecule has 0 spiro atoms. The van der Waals surface area contributed by atoms with Crippen LogP contribution in [-0.2, 0) is 0 Å². The molecule has 0 radical (unpaired) electrons. The topological polar surface area (TPSA) is 0 Å². The Morgan fingerprint density at radius 1 is 0.960 bits per heavy atom. The third-order valence-electron chi connectivity index (χ3n) is 4.59. The van der Waals surface area contributed by atoms with Crippen LogP contribution in [0.1, 0.15) is 78.2 Å². The van der Waals surface area contributed by atoms with Gasteiger partial charge >= 0.3 is 0 Å². The van der Waals surface area contributed by atoms with E-state index < -0.39 is 0 Å². The Morgan fingerprint density at radius 3 is 2.28 bits per heavy atom. The van der Waals surface area contributed by atoms with Gasteiger partial charge in [0, 0.05) is 0 Å². The van der Waals surface area contributed by atoms with Crippen LogP contribution in [-0.4, -0.2) is 0 Å². The van der Waals surface area contributed by atoms with Gasteiger partial charge in [0.2, 0.25) is 0 Å². The smallest absolute Gasteiger partial charge is 0.00103 e. The molecular formula is C25H36. The van der Waals surface area contributed by atoms with Gasteiger partial charge in [0.25, 0.3) is 0 Å². The van der Waals surface area contributed by atoms with Gasteiger partial charge in [-0.15, -0.1) is 0 Å². The lowest BCUT2D eigenvalue weighted by molar-refractivity contribution is 0.895. The van der Waals surface area contributed by atoms with Gasteiger partial charge in [-0.05, 0) is 71.3 Å². The predicted molar refractivity (Wildman–Crippen MR) is 114 cm³/mol. The van der Waals surface area contributed by atoms with Crippen molar-refractivity contribution in [3.05, 3.63) is 83.0 Å². The summed E-state index contributed by atoms with van der Waals surface area (Å²) in [5.41, 5.74) is 5.85. The molecule has 136 valence electrons. The van der Waals surface area contributed by atoms with Gasteiger partial charge in [0.15, 0.2) is 0 Å². The zero-order valence-electron chi connectivity index (χ0n) is 16.9. The van der Waals surface area contributed by atoms with Crippen molar-refractivity contribution in [1.82, 2.24) is 0 Å². The Labute approximate surface area is 156 Å². The molecule has 0 heterocycles. The molecule has 1 aromatic rings. The van der Waals surface area contributed by atoms with Gasteiger partial charge in [-0.2, -0.15) is 0 Å². The Bertz CT molecular complexity index is 592. The Balaban J connectivity index is 2.37. The summed E-state index contributed by atoms with van der Waals surface area (Å²) in [5.74, 6) is 0.483. The highest BCUT2D eigenvalue weighted by molar-refractivity contribution is 5.23. The van der Waals surface area contributed by atoms with Crippen LogP contribution in [0.3, 0.4) is 0 Å². The van der Waals surface area contributed by atoms with Crippen molar-refractivity contribution < 1.29 is 0 Å². The van der Waals surface area contributed by atoms with Gasteiger partial charge < -0.3 is 0 Å². The van der Waals surface area contributed by atoms with Crippen molar-refractivity contribution in [3.63, 3.8) is 0 Å². The molecule has 0 aromatic heterocycles. The lowest BCUT2D eigenvalue weighted by Crippen LogP contribution is -1.88. The van der Waals surface area contributed by atoms with Crippen molar-refractivity contribution >= 4 is 0 Å². The molecule has 1 atom stereocenters. The first kappa shape index (κ1) is 21.2. The third-order valence-corrected chi connectivity index (χ3v) is 4.59. The number of allylic oxidation sites excluding steroid dienone is 8. The van der Waals surface area contributed by atoms with E-state index in [1.54, 1.807) is 0 Å². The number of hydrogen-bond acceptors (Lipinski definition) is 0. The van der Waals surface area contributed by atoms with Gasteiger partial charge in [0.1, 0.15) is 0 Å². The second-order valence-electron chi connectivity index (χ2n) is 7.19. The van der Waals surface area contributed by atoms with Crippen molar-refractivity contribution in [2.45, 2.75) is 72.6 Å². The summed E-state index contributed by atoms with van der Waals surface area (Å²) >= 11 is 0. The van der Waals surface area contributed by atoms with Crippen molar-refractivity contribution in [3.8, 4) is 0 Å². The fourth-order valence-electron chi connectivity index (χ4n) is 2.85. The molecule has 0 aliphatic rings. The molecule has 25 heavy (non-hydrogen) atoms. The molecule has 1 rings (SSSR count). The van der Waals surface area contributed by atoms with E-state index in [9.17, 15) is 0 Å². The van der Waals surface area contributed by atoms with Crippen LogP contribution < -0.4 is 0 Å². The Hall–Kier alpha value is -1.82. The van der Waals surface area contributed by atoms with Gasteiger partial charge in [-0.25, -0.2) is 0 Å². The highest BCUT2D eigenvalue weighted by atomic mass is 14.1. The molecule has 0 saturated carbocycles. The fraction of sp³-hybridized carbons (Fsp3) is 0.440. The summed E-state index contributed by atoms with van der Waals surface area (Å²) in [7, 11) is 0. The summed E-state index contributed by atoms with van der Waals surface area (Å²) in [4.78, 5) is 0. The maximum atomic E-state index is 2.42. The van der Waals surface area contributed by atoms with Gasteiger partial charge in [-0.3, -0.25) is 0 Å². The van der Waals surface area contributed by atoms with Crippen LogP contribution in [0.4, 0.5) is 0 Å². The predicted octanol–water partition coefficient (Wildman–Crippen LogP) is 8.16. The summed E-state index contributed by atoms with van der Waals surface area (Å²) < 4.78 is 0. The van der Waals surface area contributed by atoms with E-state index in [1.807, 2.05) is 0 Å². The van der Waals surface area contributed by atoms with E-state index in [1.165, 1.54) is 41.5 Å². The summed E-state index contributed by atoms with van der Waals surface area (Å²) in [5, 5.41) is 0. The normalized spacial score (nSPS) is 14.0. The number of benzene rings is 1. The lowest BCUT2D eigenvalue weighted by Gasteiger charge is -2.07. The van der Waals surface area contributed by atoms with Crippen molar-refractivity contribution in [1.29, 1.82) is 0 Å². The minimum atomic E-state index is 0.483. The molecule has 0 aliphatic carbocycles. The molecule has 0 amide bonds. The first-order chi connectivity index (χ1) is 12.0. The highest BCUT2D eigenvalue weighted by Gasteiger charge is 2.00. The van der Waals surface area contributed by atoms with E-state index in [0.29, 0.717) is 5.92 Å².